The van der Waals surface area contributed by atoms with E-state index in [1.54, 1.807) is 18.3 Å². The summed E-state index contributed by atoms with van der Waals surface area (Å²) in [6.45, 7) is 5.43. The molecule has 1 aliphatic rings. The summed E-state index contributed by atoms with van der Waals surface area (Å²) in [6, 6.07) is 14.1. The molecule has 1 saturated heterocycles. The van der Waals surface area contributed by atoms with Crippen LogP contribution in [0.15, 0.2) is 53.5 Å². The summed E-state index contributed by atoms with van der Waals surface area (Å²) in [6.07, 6.45) is 4.75. The van der Waals surface area contributed by atoms with Gasteiger partial charge >= 0.3 is 0 Å². The maximum Gasteiger partial charge on any atom is 0.266 e. The molecule has 0 radical (unpaired) electrons. The number of thiophene rings is 1. The molecule has 31 heavy (non-hydrogen) atoms. The first-order valence-electron chi connectivity index (χ1n) is 10.8. The number of aryl methyl sites for hydroxylation is 2. The van der Waals surface area contributed by atoms with Crippen molar-refractivity contribution in [2.24, 2.45) is 5.92 Å². The number of piperidine rings is 1. The minimum atomic E-state index is -0.0990. The Labute approximate surface area is 185 Å². The molecule has 1 fully saturated rings. The molecule has 0 N–H and O–H groups in total. The van der Waals surface area contributed by atoms with Gasteiger partial charge in [0.05, 0.1) is 10.9 Å². The Hall–Kier alpha value is -2.99. The molecule has 158 valence electrons. The van der Waals surface area contributed by atoms with E-state index in [0.717, 1.165) is 42.8 Å². The van der Waals surface area contributed by atoms with E-state index in [9.17, 15) is 9.59 Å². The largest absolute Gasteiger partial charge is 0.339 e. The summed E-state index contributed by atoms with van der Waals surface area (Å²) in [5.74, 6) is 0.559. The van der Waals surface area contributed by atoms with E-state index in [-0.39, 0.29) is 11.5 Å². The van der Waals surface area contributed by atoms with Gasteiger partial charge in [-0.25, -0.2) is 4.98 Å². The summed E-state index contributed by atoms with van der Waals surface area (Å²) < 4.78 is 1.52. The second-order valence-electron chi connectivity index (χ2n) is 8.42. The van der Waals surface area contributed by atoms with Crippen LogP contribution in [0.1, 0.15) is 39.2 Å². The Morgan fingerprint density at radius 1 is 1.10 bits per heavy atom. The number of carbonyl (C=O) groups is 1. The number of rotatable bonds is 3. The van der Waals surface area contributed by atoms with Crippen molar-refractivity contribution >= 4 is 33.1 Å². The minimum Gasteiger partial charge on any atom is -0.339 e. The van der Waals surface area contributed by atoms with Gasteiger partial charge in [0.15, 0.2) is 5.65 Å². The molecule has 0 unspecified atom stereocenters. The van der Waals surface area contributed by atoms with Crippen molar-refractivity contribution in [2.45, 2.75) is 33.1 Å². The number of pyridine rings is 1. The van der Waals surface area contributed by atoms with Gasteiger partial charge in [-0.1, -0.05) is 30.3 Å². The third-order valence-corrected chi connectivity index (χ3v) is 7.57. The van der Waals surface area contributed by atoms with Crippen LogP contribution in [0.25, 0.3) is 15.9 Å². The summed E-state index contributed by atoms with van der Waals surface area (Å²) in [4.78, 5) is 34.9. The summed E-state index contributed by atoms with van der Waals surface area (Å²) in [7, 11) is 0. The third-order valence-electron chi connectivity index (χ3n) is 6.47. The van der Waals surface area contributed by atoms with E-state index < -0.39 is 0 Å². The summed E-state index contributed by atoms with van der Waals surface area (Å²) in [5, 5.41) is 0.659. The van der Waals surface area contributed by atoms with Gasteiger partial charge in [0, 0.05) is 24.2 Å². The van der Waals surface area contributed by atoms with Gasteiger partial charge in [-0.15, -0.1) is 11.3 Å². The first-order chi connectivity index (χ1) is 15.0. The number of nitrogens with zero attached hydrogens (tertiary/aromatic N) is 3. The summed E-state index contributed by atoms with van der Waals surface area (Å²) >= 11 is 1.52. The maximum absolute atomic E-state index is 13.4. The van der Waals surface area contributed by atoms with Crippen LogP contribution in [0.2, 0.25) is 0 Å². The Morgan fingerprint density at radius 2 is 1.84 bits per heavy atom. The molecule has 0 spiro atoms. The van der Waals surface area contributed by atoms with Crippen LogP contribution in [0.5, 0.6) is 0 Å². The van der Waals surface area contributed by atoms with Crippen molar-refractivity contribution in [3.8, 4) is 0 Å². The molecular formula is C25H25N3O2S. The highest BCUT2D eigenvalue weighted by Gasteiger charge is 2.26. The minimum absolute atomic E-state index is 0.0347. The Balaban J connectivity index is 1.41. The molecule has 0 aliphatic carbocycles. The van der Waals surface area contributed by atoms with E-state index in [1.165, 1.54) is 21.3 Å². The van der Waals surface area contributed by atoms with E-state index in [2.05, 4.69) is 24.3 Å². The number of hydrogen-bond donors (Lipinski definition) is 0. The van der Waals surface area contributed by atoms with Crippen LogP contribution in [-0.2, 0) is 6.42 Å². The molecule has 5 nitrogen and oxygen atoms in total. The number of hydrogen-bond acceptors (Lipinski definition) is 4. The predicted molar refractivity (Wildman–Crippen MR) is 125 cm³/mol. The Kier molecular flexibility index (Phi) is 5.10. The van der Waals surface area contributed by atoms with E-state index in [0.29, 0.717) is 27.3 Å². The third kappa shape index (κ3) is 3.55. The lowest BCUT2D eigenvalue weighted by atomic mass is 9.90. The fraction of sp³-hybridized carbons (Fsp3) is 0.320. The number of likely N-dealkylation sites (tertiary alicyclic amines) is 1. The van der Waals surface area contributed by atoms with Crippen molar-refractivity contribution in [1.82, 2.24) is 14.3 Å². The summed E-state index contributed by atoms with van der Waals surface area (Å²) in [5.41, 5.74) is 3.20. The molecule has 4 aromatic rings. The molecule has 0 atom stereocenters. The Bertz CT molecular complexity index is 1330. The number of benzene rings is 1. The van der Waals surface area contributed by atoms with Gasteiger partial charge in [0.25, 0.3) is 11.5 Å². The molecule has 3 aromatic heterocycles. The standard InChI is InChI=1S/C25H25N3O2S/c1-16-17(2)31-23-21(16)25(30)28-12-6-9-20(22(28)26-23)24(29)27-13-10-19(11-14-27)15-18-7-4-3-5-8-18/h3-9,12,19H,10-11,13-15H2,1-2H3. The van der Waals surface area contributed by atoms with Gasteiger partial charge in [-0.2, -0.15) is 0 Å². The first kappa shape index (κ1) is 19.9. The number of aromatic nitrogens is 2. The highest BCUT2D eigenvalue weighted by atomic mass is 32.1. The topological polar surface area (TPSA) is 54.7 Å². The second kappa shape index (κ2) is 7.93. The number of carbonyl (C=O) groups excluding carboxylic acids is 1. The zero-order valence-electron chi connectivity index (χ0n) is 17.8. The Morgan fingerprint density at radius 3 is 2.58 bits per heavy atom. The van der Waals surface area contributed by atoms with Gasteiger partial charge in [0.1, 0.15) is 4.83 Å². The molecular weight excluding hydrogens is 406 g/mol. The fourth-order valence-corrected chi connectivity index (χ4v) is 5.58. The molecule has 6 heteroatoms. The first-order valence-corrected chi connectivity index (χ1v) is 11.6. The average Bonchev–Trinajstić information content (AvgIpc) is 3.08. The zero-order chi connectivity index (χ0) is 21.5. The normalized spacial score (nSPS) is 15.1. The van der Waals surface area contributed by atoms with Crippen molar-refractivity contribution in [2.75, 3.05) is 13.1 Å². The van der Waals surface area contributed by atoms with Gasteiger partial charge < -0.3 is 4.90 Å². The van der Waals surface area contributed by atoms with Crippen LogP contribution in [-0.4, -0.2) is 33.3 Å². The maximum atomic E-state index is 13.4. The van der Waals surface area contributed by atoms with E-state index in [4.69, 9.17) is 4.98 Å². The van der Waals surface area contributed by atoms with Crippen molar-refractivity contribution < 1.29 is 4.79 Å². The zero-order valence-corrected chi connectivity index (χ0v) is 18.6. The van der Waals surface area contributed by atoms with Crippen LogP contribution in [0, 0.1) is 19.8 Å². The smallest absolute Gasteiger partial charge is 0.266 e. The number of fused-ring (bicyclic) bond motifs is 2. The molecule has 5 rings (SSSR count). The quantitative estimate of drug-likeness (QED) is 0.476. The molecule has 4 heterocycles. The van der Waals surface area contributed by atoms with Crippen LogP contribution in [0.4, 0.5) is 0 Å². The molecule has 0 bridgehead atoms. The number of amides is 1. The van der Waals surface area contributed by atoms with Crippen LogP contribution in [0.3, 0.4) is 0 Å². The van der Waals surface area contributed by atoms with E-state index in [1.807, 2.05) is 24.8 Å². The lowest BCUT2D eigenvalue weighted by molar-refractivity contribution is 0.0692. The highest BCUT2D eigenvalue weighted by molar-refractivity contribution is 7.18. The fourth-order valence-electron chi connectivity index (χ4n) is 4.56. The predicted octanol–water partition coefficient (Wildman–Crippen LogP) is 4.62. The SMILES string of the molecule is Cc1sc2nc3c(C(=O)N4CCC(Cc5ccccc5)CC4)cccn3c(=O)c2c1C. The molecule has 1 aliphatic heterocycles. The van der Waals surface area contributed by atoms with Crippen LogP contribution < -0.4 is 5.56 Å². The average molecular weight is 432 g/mol. The molecule has 0 saturated carbocycles. The van der Waals surface area contributed by atoms with Crippen molar-refractivity contribution in [3.63, 3.8) is 0 Å². The van der Waals surface area contributed by atoms with Crippen LogP contribution >= 0.6 is 11.3 Å². The van der Waals surface area contributed by atoms with E-state index >= 15 is 0 Å². The monoisotopic (exact) mass is 431 g/mol. The lowest BCUT2D eigenvalue weighted by Gasteiger charge is -2.32. The van der Waals surface area contributed by atoms with Gasteiger partial charge in [-0.3, -0.25) is 14.0 Å². The lowest BCUT2D eigenvalue weighted by Crippen LogP contribution is -2.39. The van der Waals surface area contributed by atoms with Crippen molar-refractivity contribution in [1.29, 1.82) is 0 Å². The molecule has 1 aromatic carbocycles. The second-order valence-corrected chi connectivity index (χ2v) is 9.62. The van der Waals surface area contributed by atoms with Gasteiger partial charge in [0.2, 0.25) is 0 Å². The van der Waals surface area contributed by atoms with Gasteiger partial charge in [-0.05, 0) is 62.3 Å². The van der Waals surface area contributed by atoms with Crippen molar-refractivity contribution in [3.05, 3.63) is 80.6 Å². The molecule has 1 amide bonds. The highest BCUT2D eigenvalue weighted by Crippen LogP contribution is 2.28.